The van der Waals surface area contributed by atoms with Gasteiger partial charge in [0.05, 0.1) is 0 Å². The molecule has 0 aliphatic carbocycles. The lowest BCUT2D eigenvalue weighted by Gasteiger charge is -2.14. The topological polar surface area (TPSA) is 45.0 Å². The molecule has 1 aromatic rings. The van der Waals surface area contributed by atoms with Crippen LogP contribution in [0.3, 0.4) is 0 Å². The number of ether oxygens (including phenoxy) is 1. The maximum atomic E-state index is 8.45. The molecule has 0 saturated heterocycles. The molecule has 0 aliphatic heterocycles. The Labute approximate surface area is 103 Å². The van der Waals surface area contributed by atoms with Crippen LogP contribution in [0, 0.1) is 11.3 Å². The molecule has 0 aliphatic rings. The summed E-state index contributed by atoms with van der Waals surface area (Å²) < 4.78 is 5.27. The van der Waals surface area contributed by atoms with E-state index in [0.29, 0.717) is 6.04 Å². The maximum absolute atomic E-state index is 8.45. The third kappa shape index (κ3) is 4.88. The number of nitrogens with one attached hydrogen (secondary N) is 1. The van der Waals surface area contributed by atoms with Crippen LogP contribution in [-0.2, 0) is 6.54 Å². The van der Waals surface area contributed by atoms with Gasteiger partial charge in [-0.05, 0) is 30.5 Å². The van der Waals surface area contributed by atoms with Crippen LogP contribution in [0.5, 0.6) is 5.75 Å². The summed E-state index contributed by atoms with van der Waals surface area (Å²) in [7, 11) is 0. The summed E-state index contributed by atoms with van der Waals surface area (Å²) in [5.74, 6) is 0.760. The first kappa shape index (κ1) is 13.5. The molecule has 0 heterocycles. The number of nitrogens with zero attached hydrogens (tertiary/aromatic N) is 1. The van der Waals surface area contributed by atoms with Gasteiger partial charge < -0.3 is 10.1 Å². The molecule has 0 radical (unpaired) electrons. The van der Waals surface area contributed by atoms with Crippen LogP contribution >= 0.6 is 0 Å². The van der Waals surface area contributed by atoms with E-state index < -0.39 is 0 Å². The molecule has 1 aromatic carbocycles. The molecule has 0 fully saturated rings. The average molecular weight is 232 g/mol. The van der Waals surface area contributed by atoms with Gasteiger partial charge in [-0.25, -0.2) is 0 Å². The highest BCUT2D eigenvalue weighted by atomic mass is 16.5. The first-order valence-electron chi connectivity index (χ1n) is 6.12. The lowest BCUT2D eigenvalue weighted by molar-refractivity contribution is 0.367. The average Bonchev–Trinajstić information content (AvgIpc) is 2.38. The van der Waals surface area contributed by atoms with E-state index in [9.17, 15) is 0 Å². The summed E-state index contributed by atoms with van der Waals surface area (Å²) in [6, 6.07) is 10.4. The van der Waals surface area contributed by atoms with Crippen molar-refractivity contribution in [3.8, 4) is 11.8 Å². The first-order valence-corrected chi connectivity index (χ1v) is 6.12. The van der Waals surface area contributed by atoms with Crippen LogP contribution in [0.15, 0.2) is 24.3 Å². The summed E-state index contributed by atoms with van der Waals surface area (Å²) in [4.78, 5) is 0. The van der Waals surface area contributed by atoms with Crippen LogP contribution in [0.1, 0.15) is 32.3 Å². The van der Waals surface area contributed by atoms with Crippen LogP contribution in [0.2, 0.25) is 0 Å². The Morgan fingerprint density at radius 1 is 1.35 bits per heavy atom. The molecule has 3 nitrogen and oxygen atoms in total. The van der Waals surface area contributed by atoms with Gasteiger partial charge in [0.25, 0.3) is 0 Å². The highest BCUT2D eigenvalue weighted by molar-refractivity contribution is 5.28. The monoisotopic (exact) mass is 232 g/mol. The Morgan fingerprint density at radius 2 is 2.12 bits per heavy atom. The molecule has 0 atom stereocenters. The summed E-state index contributed by atoms with van der Waals surface area (Å²) in [6.45, 7) is 5.32. The molecule has 92 valence electrons. The van der Waals surface area contributed by atoms with E-state index in [1.54, 1.807) is 0 Å². The van der Waals surface area contributed by atoms with Crippen molar-refractivity contribution < 1.29 is 4.74 Å². The van der Waals surface area contributed by atoms with Gasteiger partial charge in [-0.2, -0.15) is 5.26 Å². The molecule has 0 spiro atoms. The Hall–Kier alpha value is -1.53. The Kier molecular flexibility index (Phi) is 6.13. The normalized spacial score (nSPS) is 10.2. The second-order valence-corrected chi connectivity index (χ2v) is 3.99. The predicted molar refractivity (Wildman–Crippen MR) is 68.8 cm³/mol. The van der Waals surface area contributed by atoms with Crippen molar-refractivity contribution in [2.75, 3.05) is 6.61 Å². The van der Waals surface area contributed by atoms with Crippen molar-refractivity contribution in [3.63, 3.8) is 0 Å². The fourth-order valence-electron chi connectivity index (χ4n) is 1.70. The quantitative estimate of drug-likeness (QED) is 0.786. The van der Waals surface area contributed by atoms with E-state index in [0.717, 1.165) is 25.1 Å². The fourth-order valence-corrected chi connectivity index (χ4v) is 1.70. The van der Waals surface area contributed by atoms with E-state index >= 15 is 0 Å². The van der Waals surface area contributed by atoms with E-state index in [1.807, 2.05) is 24.3 Å². The Morgan fingerprint density at radius 3 is 2.76 bits per heavy atom. The van der Waals surface area contributed by atoms with Gasteiger partial charge in [0.15, 0.2) is 6.61 Å². The summed E-state index contributed by atoms with van der Waals surface area (Å²) in [6.07, 6.45) is 2.28. The Bertz CT molecular complexity index is 367. The minimum atomic E-state index is 0.101. The minimum absolute atomic E-state index is 0.101. The zero-order chi connectivity index (χ0) is 12.5. The summed E-state index contributed by atoms with van der Waals surface area (Å²) >= 11 is 0. The highest BCUT2D eigenvalue weighted by Crippen LogP contribution is 2.13. The third-order valence-corrected chi connectivity index (χ3v) is 2.78. The van der Waals surface area contributed by atoms with Gasteiger partial charge in [-0.15, -0.1) is 0 Å². The lowest BCUT2D eigenvalue weighted by atomic mass is 10.1. The largest absolute Gasteiger partial charge is 0.479 e. The molecule has 0 unspecified atom stereocenters. The van der Waals surface area contributed by atoms with E-state index in [-0.39, 0.29) is 6.61 Å². The van der Waals surface area contributed by atoms with Gasteiger partial charge in [0.1, 0.15) is 11.8 Å². The predicted octanol–water partition coefficient (Wildman–Crippen LogP) is 2.87. The SMILES string of the molecule is CCC(CC)NCc1cccc(OCC#N)c1. The van der Waals surface area contributed by atoms with Gasteiger partial charge in [0.2, 0.25) is 0 Å². The molecule has 0 bridgehead atoms. The van der Waals surface area contributed by atoms with Crippen LogP contribution in [0.25, 0.3) is 0 Å². The van der Waals surface area contributed by atoms with Gasteiger partial charge in [-0.3, -0.25) is 0 Å². The van der Waals surface area contributed by atoms with Crippen molar-refractivity contribution in [1.82, 2.24) is 5.32 Å². The van der Waals surface area contributed by atoms with Crippen LogP contribution in [0.4, 0.5) is 0 Å². The van der Waals surface area contributed by atoms with E-state index in [2.05, 4.69) is 25.2 Å². The van der Waals surface area contributed by atoms with Crippen molar-refractivity contribution >= 4 is 0 Å². The van der Waals surface area contributed by atoms with E-state index in [1.165, 1.54) is 5.56 Å². The van der Waals surface area contributed by atoms with Gasteiger partial charge in [-0.1, -0.05) is 26.0 Å². The Balaban J connectivity index is 2.51. The van der Waals surface area contributed by atoms with E-state index in [4.69, 9.17) is 10.00 Å². The number of rotatable bonds is 7. The minimum Gasteiger partial charge on any atom is -0.479 e. The number of hydrogen-bond donors (Lipinski definition) is 1. The van der Waals surface area contributed by atoms with Gasteiger partial charge >= 0.3 is 0 Å². The van der Waals surface area contributed by atoms with Crippen LogP contribution < -0.4 is 10.1 Å². The molecule has 17 heavy (non-hydrogen) atoms. The second-order valence-electron chi connectivity index (χ2n) is 3.99. The number of nitriles is 1. The number of benzene rings is 1. The molecule has 0 amide bonds. The molecule has 1 N–H and O–H groups in total. The summed E-state index contributed by atoms with van der Waals surface area (Å²) in [5.41, 5.74) is 1.19. The molecule has 0 aromatic heterocycles. The standard InChI is InChI=1S/C14H20N2O/c1-3-13(4-2)16-11-12-6-5-7-14(10-12)17-9-8-15/h5-7,10,13,16H,3-4,9,11H2,1-2H3. The van der Waals surface area contributed by atoms with Crippen molar-refractivity contribution in [2.24, 2.45) is 0 Å². The first-order chi connectivity index (χ1) is 8.30. The smallest absolute Gasteiger partial charge is 0.174 e. The van der Waals surface area contributed by atoms with Crippen molar-refractivity contribution in [3.05, 3.63) is 29.8 Å². The molecule has 1 rings (SSSR count). The second kappa shape index (κ2) is 7.70. The zero-order valence-electron chi connectivity index (χ0n) is 10.6. The molecular weight excluding hydrogens is 212 g/mol. The fraction of sp³-hybridized carbons (Fsp3) is 0.500. The van der Waals surface area contributed by atoms with Crippen molar-refractivity contribution in [2.45, 2.75) is 39.3 Å². The lowest BCUT2D eigenvalue weighted by Crippen LogP contribution is -2.26. The molecular formula is C14H20N2O. The van der Waals surface area contributed by atoms with Crippen molar-refractivity contribution in [1.29, 1.82) is 5.26 Å². The molecule has 0 saturated carbocycles. The highest BCUT2D eigenvalue weighted by Gasteiger charge is 2.02. The van der Waals surface area contributed by atoms with Crippen LogP contribution in [-0.4, -0.2) is 12.6 Å². The summed E-state index contributed by atoms with van der Waals surface area (Å²) in [5, 5.41) is 11.9. The number of hydrogen-bond acceptors (Lipinski definition) is 3. The third-order valence-electron chi connectivity index (χ3n) is 2.78. The maximum Gasteiger partial charge on any atom is 0.174 e. The zero-order valence-corrected chi connectivity index (χ0v) is 10.6. The van der Waals surface area contributed by atoms with Gasteiger partial charge in [0, 0.05) is 12.6 Å². The molecule has 3 heteroatoms.